The molecule has 0 heterocycles. The number of aliphatic hydroxyl groups is 1. The molecule has 0 saturated heterocycles. The van der Waals surface area contributed by atoms with Gasteiger partial charge in [-0.05, 0) is 29.7 Å². The molecule has 0 spiro atoms. The van der Waals surface area contributed by atoms with Crippen LogP contribution in [-0.2, 0) is 0 Å². The molecule has 2 heteroatoms. The van der Waals surface area contributed by atoms with Gasteiger partial charge in [0.1, 0.15) is 5.75 Å². The predicted molar refractivity (Wildman–Crippen MR) is 86.6 cm³/mol. The van der Waals surface area contributed by atoms with E-state index in [0.717, 1.165) is 23.3 Å². The van der Waals surface area contributed by atoms with E-state index in [4.69, 9.17) is 4.74 Å². The van der Waals surface area contributed by atoms with Gasteiger partial charge in [0.25, 0.3) is 0 Å². The van der Waals surface area contributed by atoms with Crippen LogP contribution in [0.1, 0.15) is 36.5 Å². The van der Waals surface area contributed by atoms with Crippen LogP contribution in [0.5, 0.6) is 5.75 Å². The smallest absolute Gasteiger partial charge is 0.118 e. The fourth-order valence-electron chi connectivity index (χ4n) is 2.37. The normalized spacial score (nSPS) is 14.0. The van der Waals surface area contributed by atoms with Crippen molar-refractivity contribution in [3.8, 4) is 5.75 Å². The Bertz CT molecular complexity index is 558. The minimum absolute atomic E-state index is 0.0572. The monoisotopic (exact) mass is 282 g/mol. The lowest BCUT2D eigenvalue weighted by molar-refractivity contribution is 0.161. The molecular weight excluding hydrogens is 260 g/mol. The molecule has 2 nitrogen and oxygen atoms in total. The summed E-state index contributed by atoms with van der Waals surface area (Å²) in [4.78, 5) is 0. The topological polar surface area (TPSA) is 29.5 Å². The van der Waals surface area contributed by atoms with Gasteiger partial charge in [0.15, 0.2) is 0 Å². The lowest BCUT2D eigenvalue weighted by Crippen LogP contribution is -2.09. The minimum Gasteiger partial charge on any atom is -0.497 e. The fraction of sp³-hybridized carbons (Fsp3) is 0.263. The van der Waals surface area contributed by atoms with Crippen molar-refractivity contribution in [2.75, 3.05) is 7.11 Å². The quantitative estimate of drug-likeness (QED) is 0.792. The van der Waals surface area contributed by atoms with E-state index in [-0.39, 0.29) is 5.92 Å². The van der Waals surface area contributed by atoms with Gasteiger partial charge in [0.05, 0.1) is 13.2 Å². The van der Waals surface area contributed by atoms with Crippen LogP contribution in [0.3, 0.4) is 0 Å². The zero-order valence-electron chi connectivity index (χ0n) is 12.6. The summed E-state index contributed by atoms with van der Waals surface area (Å²) in [7, 11) is 1.66. The first kappa shape index (κ1) is 15.3. The molecule has 2 rings (SSSR count). The maximum atomic E-state index is 10.7. The highest BCUT2D eigenvalue weighted by Gasteiger charge is 2.20. The Morgan fingerprint density at radius 3 is 2.24 bits per heavy atom. The third kappa shape index (κ3) is 3.96. The second kappa shape index (κ2) is 7.65. The van der Waals surface area contributed by atoms with E-state index in [1.54, 1.807) is 7.11 Å². The van der Waals surface area contributed by atoms with Gasteiger partial charge in [0, 0.05) is 5.92 Å². The molecular formula is C19H22O2. The Balaban J connectivity index is 2.31. The molecule has 0 unspecified atom stereocenters. The van der Waals surface area contributed by atoms with Crippen molar-refractivity contribution in [2.24, 2.45) is 0 Å². The molecule has 0 aliphatic heterocycles. The van der Waals surface area contributed by atoms with Gasteiger partial charge < -0.3 is 9.84 Å². The third-order valence-corrected chi connectivity index (χ3v) is 3.56. The molecule has 2 atom stereocenters. The number of rotatable bonds is 6. The van der Waals surface area contributed by atoms with Gasteiger partial charge in [-0.1, -0.05) is 61.5 Å². The van der Waals surface area contributed by atoms with E-state index in [1.807, 2.05) is 54.6 Å². The molecule has 110 valence electrons. The summed E-state index contributed by atoms with van der Waals surface area (Å²) >= 11 is 0. The van der Waals surface area contributed by atoms with Crippen LogP contribution in [0.25, 0.3) is 0 Å². The van der Waals surface area contributed by atoms with E-state index in [2.05, 4.69) is 19.1 Å². The number of hydrogen-bond donors (Lipinski definition) is 1. The zero-order chi connectivity index (χ0) is 15.1. The summed E-state index contributed by atoms with van der Waals surface area (Å²) in [6, 6.07) is 17.7. The molecule has 0 fully saturated rings. The molecule has 0 radical (unpaired) electrons. The van der Waals surface area contributed by atoms with E-state index >= 15 is 0 Å². The van der Waals surface area contributed by atoms with Crippen LogP contribution < -0.4 is 4.74 Å². The first-order valence-corrected chi connectivity index (χ1v) is 7.30. The molecule has 2 aromatic carbocycles. The maximum absolute atomic E-state index is 10.7. The summed E-state index contributed by atoms with van der Waals surface area (Å²) in [5, 5.41) is 10.7. The molecule has 0 saturated carbocycles. The first-order valence-electron chi connectivity index (χ1n) is 7.30. The van der Waals surface area contributed by atoms with Crippen molar-refractivity contribution >= 4 is 0 Å². The average Bonchev–Trinajstić information content (AvgIpc) is 2.56. The Labute approximate surface area is 126 Å². The fourth-order valence-corrected chi connectivity index (χ4v) is 2.37. The van der Waals surface area contributed by atoms with Gasteiger partial charge >= 0.3 is 0 Å². The second-order valence-corrected chi connectivity index (χ2v) is 4.99. The van der Waals surface area contributed by atoms with Crippen molar-refractivity contribution in [3.63, 3.8) is 0 Å². The molecule has 1 N–H and O–H groups in total. The largest absolute Gasteiger partial charge is 0.497 e. The van der Waals surface area contributed by atoms with Crippen LogP contribution >= 0.6 is 0 Å². The van der Waals surface area contributed by atoms with E-state index in [1.165, 1.54) is 0 Å². The van der Waals surface area contributed by atoms with Gasteiger partial charge in [-0.25, -0.2) is 0 Å². The van der Waals surface area contributed by atoms with Crippen molar-refractivity contribution in [3.05, 3.63) is 77.9 Å². The van der Waals surface area contributed by atoms with Gasteiger partial charge in [0.2, 0.25) is 0 Å². The number of methoxy groups -OCH3 is 1. The van der Waals surface area contributed by atoms with E-state index in [9.17, 15) is 5.11 Å². The van der Waals surface area contributed by atoms with E-state index < -0.39 is 6.10 Å². The lowest BCUT2D eigenvalue weighted by atomic mass is 9.88. The van der Waals surface area contributed by atoms with Gasteiger partial charge in [-0.15, -0.1) is 0 Å². The van der Waals surface area contributed by atoms with Crippen LogP contribution in [0, 0.1) is 0 Å². The Morgan fingerprint density at radius 1 is 1.00 bits per heavy atom. The van der Waals surface area contributed by atoms with Gasteiger partial charge in [-0.3, -0.25) is 0 Å². The van der Waals surface area contributed by atoms with E-state index in [0.29, 0.717) is 0 Å². The van der Waals surface area contributed by atoms with Crippen molar-refractivity contribution in [1.29, 1.82) is 0 Å². The Morgan fingerprint density at radius 2 is 1.67 bits per heavy atom. The summed E-state index contributed by atoms with van der Waals surface area (Å²) in [5.41, 5.74) is 2.01. The van der Waals surface area contributed by atoms with Crippen LogP contribution in [0.2, 0.25) is 0 Å². The number of allylic oxidation sites excluding steroid dienone is 1. The van der Waals surface area contributed by atoms with Gasteiger partial charge in [-0.2, -0.15) is 0 Å². The Kier molecular flexibility index (Phi) is 5.59. The number of hydrogen-bond acceptors (Lipinski definition) is 2. The molecule has 0 aliphatic carbocycles. The third-order valence-electron chi connectivity index (χ3n) is 3.56. The standard InChI is InChI=1S/C19H22O2/c1-3-4-10-18(15-11-13-17(21-2)14-12-15)19(20)16-8-6-5-7-9-16/h4-14,18-20H,3H2,1-2H3/t18-,19-/m1/s1. The highest BCUT2D eigenvalue weighted by Crippen LogP contribution is 2.33. The number of benzene rings is 2. The average molecular weight is 282 g/mol. The summed E-state index contributed by atoms with van der Waals surface area (Å²) in [5.74, 6) is 0.768. The minimum atomic E-state index is -0.553. The molecule has 0 bridgehead atoms. The molecule has 0 aliphatic rings. The SMILES string of the molecule is CCC=C[C@H](c1ccc(OC)cc1)[C@H](O)c1ccccc1. The van der Waals surface area contributed by atoms with Crippen LogP contribution in [-0.4, -0.2) is 12.2 Å². The maximum Gasteiger partial charge on any atom is 0.118 e. The van der Waals surface area contributed by atoms with Crippen molar-refractivity contribution in [2.45, 2.75) is 25.4 Å². The highest BCUT2D eigenvalue weighted by molar-refractivity contribution is 5.34. The van der Waals surface area contributed by atoms with Crippen LogP contribution in [0.4, 0.5) is 0 Å². The summed E-state index contributed by atoms with van der Waals surface area (Å²) < 4.78 is 5.19. The number of ether oxygens (including phenoxy) is 1. The van der Waals surface area contributed by atoms with Crippen molar-refractivity contribution in [1.82, 2.24) is 0 Å². The predicted octanol–water partition coefficient (Wildman–Crippen LogP) is 4.48. The van der Waals surface area contributed by atoms with Crippen LogP contribution in [0.15, 0.2) is 66.7 Å². The summed E-state index contributed by atoms with van der Waals surface area (Å²) in [6.45, 7) is 2.09. The lowest BCUT2D eigenvalue weighted by Gasteiger charge is -2.21. The molecule has 2 aromatic rings. The highest BCUT2D eigenvalue weighted by atomic mass is 16.5. The molecule has 0 aromatic heterocycles. The number of aliphatic hydroxyl groups excluding tert-OH is 1. The Hall–Kier alpha value is -2.06. The second-order valence-electron chi connectivity index (χ2n) is 4.99. The first-order chi connectivity index (χ1) is 10.3. The molecule has 0 amide bonds. The molecule has 21 heavy (non-hydrogen) atoms. The zero-order valence-corrected chi connectivity index (χ0v) is 12.6. The summed E-state index contributed by atoms with van der Waals surface area (Å²) in [6.07, 6.45) is 4.58. The van der Waals surface area contributed by atoms with Crippen molar-refractivity contribution < 1.29 is 9.84 Å².